The number of piperidine rings is 2. The van der Waals surface area contributed by atoms with Gasteiger partial charge in [0.1, 0.15) is 0 Å². The Hall–Kier alpha value is -0.0700. The third kappa shape index (κ3) is 4.96. The molecule has 3 unspecified atom stereocenters. The van der Waals surface area contributed by atoms with E-state index in [9.17, 15) is 4.79 Å². The Balaban J connectivity index is 0.00000121. The highest BCUT2D eigenvalue weighted by molar-refractivity contribution is 5.85. The van der Waals surface area contributed by atoms with Crippen molar-refractivity contribution in [2.75, 3.05) is 26.8 Å². The molecule has 7 heteroatoms. The largest absolute Gasteiger partial charge is 0.378 e. The lowest BCUT2D eigenvalue weighted by atomic mass is 9.82. The summed E-state index contributed by atoms with van der Waals surface area (Å²) in [7, 11) is 2.25. The first kappa shape index (κ1) is 20.0. The zero-order chi connectivity index (χ0) is 13.9. The smallest absolute Gasteiger partial charge is 0.221 e. The molecule has 2 N–H and O–H groups in total. The van der Waals surface area contributed by atoms with Crippen LogP contribution >= 0.6 is 24.8 Å². The molecule has 0 radical (unpaired) electrons. The van der Waals surface area contributed by atoms with Gasteiger partial charge in [-0.05, 0) is 32.7 Å². The van der Waals surface area contributed by atoms with E-state index in [0.717, 1.165) is 26.0 Å². The summed E-state index contributed by atoms with van der Waals surface area (Å²) in [4.78, 5) is 14.7. The maximum absolute atomic E-state index is 12.2. The molecule has 3 rings (SSSR count). The Morgan fingerprint density at radius 2 is 1.95 bits per heavy atom. The van der Waals surface area contributed by atoms with Gasteiger partial charge in [-0.15, -0.1) is 24.8 Å². The minimum Gasteiger partial charge on any atom is -0.378 e. The van der Waals surface area contributed by atoms with Crippen LogP contribution < -0.4 is 10.6 Å². The number of amides is 1. The summed E-state index contributed by atoms with van der Waals surface area (Å²) in [5.41, 5.74) is 0. The molecule has 5 nitrogen and oxygen atoms in total. The predicted molar refractivity (Wildman–Crippen MR) is 92.1 cm³/mol. The molecule has 0 aromatic rings. The summed E-state index contributed by atoms with van der Waals surface area (Å²) in [5.74, 6) is 0.181. The molecule has 2 bridgehead atoms. The van der Waals surface area contributed by atoms with Gasteiger partial charge in [0.15, 0.2) is 0 Å². The van der Waals surface area contributed by atoms with Crippen LogP contribution in [-0.4, -0.2) is 61.8 Å². The molecule has 3 heterocycles. The second-order valence-electron chi connectivity index (χ2n) is 6.57. The predicted octanol–water partition coefficient (Wildman–Crippen LogP) is 1.34. The summed E-state index contributed by atoms with van der Waals surface area (Å²) >= 11 is 0. The molecule has 0 aliphatic carbocycles. The zero-order valence-electron chi connectivity index (χ0n) is 13.3. The first-order valence-electron chi connectivity index (χ1n) is 8.05. The van der Waals surface area contributed by atoms with Crippen molar-refractivity contribution in [2.45, 2.75) is 62.7 Å². The third-order valence-electron chi connectivity index (χ3n) is 5.14. The van der Waals surface area contributed by atoms with Gasteiger partial charge in [0, 0.05) is 37.1 Å². The first-order valence-corrected chi connectivity index (χ1v) is 8.05. The Morgan fingerprint density at radius 3 is 2.55 bits per heavy atom. The van der Waals surface area contributed by atoms with E-state index in [1.807, 2.05) is 0 Å². The average Bonchev–Trinajstić information content (AvgIpc) is 2.41. The van der Waals surface area contributed by atoms with Crippen molar-refractivity contribution < 1.29 is 9.53 Å². The van der Waals surface area contributed by atoms with E-state index < -0.39 is 0 Å². The molecular weight excluding hydrogens is 325 g/mol. The van der Waals surface area contributed by atoms with Crippen molar-refractivity contribution in [2.24, 2.45) is 0 Å². The van der Waals surface area contributed by atoms with Gasteiger partial charge in [0.2, 0.25) is 5.91 Å². The number of hydrogen-bond donors (Lipinski definition) is 2. The molecule has 3 atom stereocenters. The van der Waals surface area contributed by atoms with Crippen LogP contribution in [0.4, 0.5) is 0 Å². The van der Waals surface area contributed by atoms with E-state index in [-0.39, 0.29) is 36.8 Å². The number of fused-ring (bicyclic) bond motifs is 2. The van der Waals surface area contributed by atoms with Gasteiger partial charge in [-0.25, -0.2) is 0 Å². The summed E-state index contributed by atoms with van der Waals surface area (Å²) in [6.07, 6.45) is 6.71. The Bertz CT molecular complexity index is 340. The number of nitrogens with zero attached hydrogens (tertiary/aromatic N) is 1. The molecule has 0 saturated carbocycles. The van der Waals surface area contributed by atoms with Crippen LogP contribution in [0.25, 0.3) is 0 Å². The zero-order valence-corrected chi connectivity index (χ0v) is 14.9. The minimum atomic E-state index is 0. The maximum atomic E-state index is 12.2. The van der Waals surface area contributed by atoms with Gasteiger partial charge in [-0.1, -0.05) is 6.42 Å². The van der Waals surface area contributed by atoms with Crippen molar-refractivity contribution in [1.29, 1.82) is 0 Å². The fourth-order valence-electron chi connectivity index (χ4n) is 3.99. The van der Waals surface area contributed by atoms with E-state index in [1.54, 1.807) is 0 Å². The molecule has 22 heavy (non-hydrogen) atoms. The average molecular weight is 354 g/mol. The number of rotatable bonds is 3. The number of nitrogens with one attached hydrogen (secondary N) is 2. The van der Waals surface area contributed by atoms with Gasteiger partial charge in [-0.2, -0.15) is 0 Å². The maximum Gasteiger partial charge on any atom is 0.221 e. The number of ether oxygens (including phenoxy) is 1. The number of morpholine rings is 1. The van der Waals surface area contributed by atoms with E-state index in [1.165, 1.54) is 19.3 Å². The lowest BCUT2D eigenvalue weighted by Gasteiger charge is -2.47. The fourth-order valence-corrected chi connectivity index (χ4v) is 3.99. The lowest BCUT2D eigenvalue weighted by molar-refractivity contribution is -0.123. The van der Waals surface area contributed by atoms with Crippen LogP contribution in [0.2, 0.25) is 0 Å². The summed E-state index contributed by atoms with van der Waals surface area (Å²) in [5, 5.41) is 6.59. The Morgan fingerprint density at radius 1 is 1.27 bits per heavy atom. The number of hydrogen-bond acceptors (Lipinski definition) is 4. The van der Waals surface area contributed by atoms with Crippen molar-refractivity contribution in [3.8, 4) is 0 Å². The van der Waals surface area contributed by atoms with Crippen LogP contribution in [0.5, 0.6) is 0 Å². The normalized spacial score (nSPS) is 35.0. The summed E-state index contributed by atoms with van der Waals surface area (Å²) < 4.78 is 5.40. The number of carbonyl (C=O) groups is 1. The quantitative estimate of drug-likeness (QED) is 0.803. The van der Waals surface area contributed by atoms with Crippen molar-refractivity contribution in [3.63, 3.8) is 0 Å². The SMILES string of the molecule is CN1C2CCCC1CC(NC(=O)CC1COCCN1)C2.Cl.Cl. The number of halogens is 2. The monoisotopic (exact) mass is 353 g/mol. The van der Waals surface area contributed by atoms with Crippen molar-refractivity contribution >= 4 is 30.7 Å². The molecule has 0 aromatic carbocycles. The van der Waals surface area contributed by atoms with Gasteiger partial charge in [0.25, 0.3) is 0 Å². The molecule has 130 valence electrons. The molecule has 3 saturated heterocycles. The topological polar surface area (TPSA) is 53.6 Å². The highest BCUT2D eigenvalue weighted by Gasteiger charge is 2.36. The Labute approximate surface area is 145 Å². The van der Waals surface area contributed by atoms with Crippen LogP contribution in [0.3, 0.4) is 0 Å². The van der Waals surface area contributed by atoms with E-state index in [4.69, 9.17) is 4.74 Å². The standard InChI is InChI=1S/C15H27N3O2.2ClH/c1-18-13-3-2-4-14(18)8-11(7-13)17-15(19)9-12-10-20-6-5-16-12;;/h11-14,16H,2-10H2,1H3,(H,17,19);2*1H. The fraction of sp³-hybridized carbons (Fsp3) is 0.933. The van der Waals surface area contributed by atoms with Crippen molar-refractivity contribution in [3.05, 3.63) is 0 Å². The van der Waals surface area contributed by atoms with Gasteiger partial charge in [0.05, 0.1) is 13.2 Å². The van der Waals surface area contributed by atoms with Gasteiger partial charge in [-0.3, -0.25) is 4.79 Å². The molecular formula is C15H29Cl2N3O2. The van der Waals surface area contributed by atoms with Crippen molar-refractivity contribution in [1.82, 2.24) is 15.5 Å². The number of carbonyl (C=O) groups excluding carboxylic acids is 1. The van der Waals surface area contributed by atoms with E-state index >= 15 is 0 Å². The molecule has 0 spiro atoms. The van der Waals surface area contributed by atoms with Crippen LogP contribution in [0.1, 0.15) is 38.5 Å². The van der Waals surface area contributed by atoms with E-state index in [0.29, 0.717) is 31.2 Å². The molecule has 0 aromatic heterocycles. The third-order valence-corrected chi connectivity index (χ3v) is 5.14. The van der Waals surface area contributed by atoms with Crippen LogP contribution in [0.15, 0.2) is 0 Å². The first-order chi connectivity index (χ1) is 9.72. The lowest BCUT2D eigenvalue weighted by Crippen LogP contribution is -2.55. The molecule has 1 amide bonds. The highest BCUT2D eigenvalue weighted by atomic mass is 35.5. The van der Waals surface area contributed by atoms with Gasteiger partial charge >= 0.3 is 0 Å². The van der Waals surface area contributed by atoms with Crippen LogP contribution in [0, 0.1) is 0 Å². The molecule has 3 fully saturated rings. The molecule has 3 aliphatic heterocycles. The minimum absolute atomic E-state index is 0. The summed E-state index contributed by atoms with van der Waals surface area (Å²) in [6, 6.07) is 1.90. The molecule has 3 aliphatic rings. The van der Waals surface area contributed by atoms with Gasteiger partial charge < -0.3 is 20.3 Å². The second kappa shape index (κ2) is 9.28. The second-order valence-corrected chi connectivity index (χ2v) is 6.57. The van der Waals surface area contributed by atoms with E-state index in [2.05, 4.69) is 22.6 Å². The Kier molecular flexibility index (Phi) is 8.43. The van der Waals surface area contributed by atoms with Crippen LogP contribution in [-0.2, 0) is 9.53 Å². The summed E-state index contributed by atoms with van der Waals surface area (Å²) in [6.45, 7) is 2.28. The highest BCUT2D eigenvalue weighted by Crippen LogP contribution is 2.32.